The lowest BCUT2D eigenvalue weighted by molar-refractivity contribution is 0.258. The van der Waals surface area contributed by atoms with E-state index in [0.717, 1.165) is 11.1 Å². The van der Waals surface area contributed by atoms with Crippen LogP contribution in [0.2, 0.25) is 0 Å². The molecule has 1 spiro atoms. The zero-order valence-electron chi connectivity index (χ0n) is 14.7. The van der Waals surface area contributed by atoms with Crippen LogP contribution in [0.5, 0.6) is 17.4 Å². The highest BCUT2D eigenvalue weighted by Gasteiger charge is 2.49. The summed E-state index contributed by atoms with van der Waals surface area (Å²) in [6, 6.07) is 4.78. The molecule has 0 unspecified atom stereocenters. The summed E-state index contributed by atoms with van der Waals surface area (Å²) in [5.74, 6) is 0.0177. The Morgan fingerprint density at radius 1 is 1.11 bits per heavy atom. The lowest BCUT2D eigenvalue weighted by atomic mass is 9.81. The number of ether oxygens (including phenoxy) is 3. The van der Waals surface area contributed by atoms with Gasteiger partial charge in [0.15, 0.2) is 17.1 Å². The number of amidine groups is 1. The third kappa shape index (κ3) is 2.29. The first-order valence-corrected chi connectivity index (χ1v) is 8.40. The van der Waals surface area contributed by atoms with Crippen LogP contribution in [0, 0.1) is 5.82 Å². The molecular formula is C19H14FN5O3. The van der Waals surface area contributed by atoms with Gasteiger partial charge in [-0.2, -0.15) is 0 Å². The molecule has 1 atom stereocenters. The summed E-state index contributed by atoms with van der Waals surface area (Å²) in [6.07, 6.45) is 6.40. The number of hydrogen-bond donors (Lipinski definition) is 1. The van der Waals surface area contributed by atoms with E-state index >= 15 is 0 Å². The predicted octanol–water partition coefficient (Wildman–Crippen LogP) is 2.38. The second kappa shape index (κ2) is 5.88. The minimum Gasteiger partial charge on any atom is -0.497 e. The molecule has 8 nitrogen and oxygen atoms in total. The van der Waals surface area contributed by atoms with Crippen molar-refractivity contribution < 1.29 is 18.6 Å². The number of methoxy groups -OCH3 is 1. The SMILES string of the molecule is COc1cc(F)c2c(c1)[C@]1(COC(N)=N1)c1cc(-c3cncnc3)cnc1O2. The number of aromatic nitrogens is 3. The third-order valence-corrected chi connectivity index (χ3v) is 4.82. The standard InChI is InChI=1S/C19H14FN5O3/c1-26-12-3-13-16(15(20)4-12)28-17-14(19(13)8-27-18(21)25-19)2-10(7-24-17)11-5-22-9-23-6-11/h2-7,9H,8H2,1H3,(H2,21,25)/t19-/m1/s1. The number of nitrogens with zero attached hydrogens (tertiary/aromatic N) is 4. The Morgan fingerprint density at radius 3 is 2.64 bits per heavy atom. The summed E-state index contributed by atoms with van der Waals surface area (Å²) in [5.41, 5.74) is 7.33. The fourth-order valence-corrected chi connectivity index (χ4v) is 3.48. The first-order chi connectivity index (χ1) is 13.6. The first kappa shape index (κ1) is 16.4. The maximum Gasteiger partial charge on any atom is 0.283 e. The van der Waals surface area contributed by atoms with Crippen LogP contribution in [0.15, 0.2) is 48.1 Å². The minimum absolute atomic E-state index is 0.00970. The molecule has 2 aromatic heterocycles. The van der Waals surface area contributed by atoms with Crippen molar-refractivity contribution >= 4 is 6.02 Å². The largest absolute Gasteiger partial charge is 0.497 e. The topological polar surface area (TPSA) is 105 Å². The molecule has 28 heavy (non-hydrogen) atoms. The van der Waals surface area contributed by atoms with E-state index < -0.39 is 11.4 Å². The molecule has 0 saturated heterocycles. The molecule has 140 valence electrons. The highest BCUT2D eigenvalue weighted by Crippen LogP contribution is 2.52. The maximum atomic E-state index is 14.7. The molecule has 9 heteroatoms. The van der Waals surface area contributed by atoms with Gasteiger partial charge in [0.1, 0.15) is 18.7 Å². The van der Waals surface area contributed by atoms with E-state index in [9.17, 15) is 4.39 Å². The first-order valence-electron chi connectivity index (χ1n) is 8.40. The Bertz CT molecular complexity index is 1120. The van der Waals surface area contributed by atoms with Gasteiger partial charge < -0.3 is 19.9 Å². The summed E-state index contributed by atoms with van der Waals surface area (Å²) in [5, 5.41) is 0. The summed E-state index contributed by atoms with van der Waals surface area (Å²) in [4.78, 5) is 17.0. The molecule has 2 aliphatic heterocycles. The molecule has 0 radical (unpaired) electrons. The van der Waals surface area contributed by atoms with Crippen LogP contribution in [-0.2, 0) is 10.3 Å². The van der Waals surface area contributed by atoms with Gasteiger partial charge in [-0.05, 0) is 12.1 Å². The lowest BCUT2D eigenvalue weighted by Gasteiger charge is -2.33. The Balaban J connectivity index is 1.77. The second-order valence-electron chi connectivity index (χ2n) is 6.39. The number of halogens is 1. The minimum atomic E-state index is -1.10. The van der Waals surface area contributed by atoms with Crippen LogP contribution in [0.25, 0.3) is 11.1 Å². The van der Waals surface area contributed by atoms with Crippen LogP contribution < -0.4 is 15.2 Å². The number of nitrogens with two attached hydrogens (primary N) is 1. The van der Waals surface area contributed by atoms with E-state index in [2.05, 4.69) is 19.9 Å². The lowest BCUT2D eigenvalue weighted by Crippen LogP contribution is -2.32. The van der Waals surface area contributed by atoms with E-state index in [1.165, 1.54) is 19.5 Å². The maximum absolute atomic E-state index is 14.7. The molecule has 0 amide bonds. The molecule has 0 fully saturated rings. The van der Waals surface area contributed by atoms with Gasteiger partial charge in [0.2, 0.25) is 5.88 Å². The molecule has 3 aromatic rings. The van der Waals surface area contributed by atoms with Gasteiger partial charge in [-0.1, -0.05) is 0 Å². The zero-order valence-corrected chi connectivity index (χ0v) is 14.7. The molecule has 0 saturated carbocycles. The van der Waals surface area contributed by atoms with Gasteiger partial charge in [0.25, 0.3) is 6.02 Å². The van der Waals surface area contributed by atoms with E-state index in [1.54, 1.807) is 24.7 Å². The highest BCUT2D eigenvalue weighted by molar-refractivity contribution is 5.77. The van der Waals surface area contributed by atoms with Crippen LogP contribution in [0.1, 0.15) is 11.1 Å². The molecule has 4 heterocycles. The van der Waals surface area contributed by atoms with Crippen molar-refractivity contribution in [3.63, 3.8) is 0 Å². The van der Waals surface area contributed by atoms with E-state index in [-0.39, 0.29) is 24.3 Å². The number of benzene rings is 1. The number of pyridine rings is 1. The van der Waals surface area contributed by atoms with E-state index in [4.69, 9.17) is 19.9 Å². The molecule has 2 aliphatic rings. The molecule has 2 N–H and O–H groups in total. The molecular weight excluding hydrogens is 365 g/mol. The number of hydrogen-bond acceptors (Lipinski definition) is 8. The van der Waals surface area contributed by atoms with Gasteiger partial charge in [0.05, 0.1) is 12.7 Å². The van der Waals surface area contributed by atoms with E-state index in [1.807, 2.05) is 6.07 Å². The summed E-state index contributed by atoms with van der Waals surface area (Å²) in [6.45, 7) is 0.0885. The second-order valence-corrected chi connectivity index (χ2v) is 6.39. The quantitative estimate of drug-likeness (QED) is 0.729. The summed E-state index contributed by atoms with van der Waals surface area (Å²) in [7, 11) is 1.46. The Labute approximate surface area is 158 Å². The third-order valence-electron chi connectivity index (χ3n) is 4.82. The Hall–Kier alpha value is -3.75. The van der Waals surface area contributed by atoms with Crippen LogP contribution in [0.3, 0.4) is 0 Å². The fraction of sp³-hybridized carbons (Fsp3) is 0.158. The Kier molecular flexibility index (Phi) is 3.45. The highest BCUT2D eigenvalue weighted by atomic mass is 19.1. The molecule has 0 bridgehead atoms. The van der Waals surface area contributed by atoms with Crippen molar-refractivity contribution in [2.45, 2.75) is 5.54 Å². The van der Waals surface area contributed by atoms with Gasteiger partial charge in [0, 0.05) is 41.3 Å². The van der Waals surface area contributed by atoms with Gasteiger partial charge >= 0.3 is 0 Å². The zero-order chi connectivity index (χ0) is 19.3. The van der Waals surface area contributed by atoms with Crippen molar-refractivity contribution in [2.24, 2.45) is 10.7 Å². The van der Waals surface area contributed by atoms with Gasteiger partial charge in [-0.15, -0.1) is 0 Å². The van der Waals surface area contributed by atoms with Crippen LogP contribution in [-0.4, -0.2) is 34.7 Å². The Morgan fingerprint density at radius 2 is 1.93 bits per heavy atom. The van der Waals surface area contributed by atoms with Crippen molar-refractivity contribution in [2.75, 3.05) is 13.7 Å². The predicted molar refractivity (Wildman–Crippen MR) is 96.6 cm³/mol. The van der Waals surface area contributed by atoms with Crippen molar-refractivity contribution in [3.8, 4) is 28.5 Å². The number of aliphatic imine (C=N–C) groups is 1. The van der Waals surface area contributed by atoms with Crippen molar-refractivity contribution in [1.82, 2.24) is 15.0 Å². The number of rotatable bonds is 2. The van der Waals surface area contributed by atoms with Gasteiger partial charge in [-0.25, -0.2) is 24.3 Å². The smallest absolute Gasteiger partial charge is 0.283 e. The molecule has 5 rings (SSSR count). The van der Waals surface area contributed by atoms with Crippen molar-refractivity contribution in [3.05, 3.63) is 60.1 Å². The average Bonchev–Trinajstić information content (AvgIpc) is 3.11. The van der Waals surface area contributed by atoms with Crippen LogP contribution >= 0.6 is 0 Å². The summed E-state index contributed by atoms with van der Waals surface area (Å²) >= 11 is 0. The number of fused-ring (bicyclic) bond motifs is 4. The average molecular weight is 379 g/mol. The van der Waals surface area contributed by atoms with Crippen molar-refractivity contribution in [1.29, 1.82) is 0 Å². The summed E-state index contributed by atoms with van der Waals surface area (Å²) < 4.78 is 31.2. The normalized spacial score (nSPS) is 19.3. The molecule has 0 aliphatic carbocycles. The monoisotopic (exact) mass is 379 g/mol. The van der Waals surface area contributed by atoms with E-state index in [0.29, 0.717) is 16.9 Å². The molecule has 1 aromatic carbocycles. The van der Waals surface area contributed by atoms with Gasteiger partial charge in [-0.3, -0.25) is 0 Å². The van der Waals surface area contributed by atoms with Crippen LogP contribution in [0.4, 0.5) is 4.39 Å². The fourth-order valence-electron chi connectivity index (χ4n) is 3.48.